The van der Waals surface area contributed by atoms with Crippen molar-refractivity contribution < 1.29 is 4.79 Å². The number of hydrogen-bond acceptors (Lipinski definition) is 3. The molecule has 5 nitrogen and oxygen atoms in total. The van der Waals surface area contributed by atoms with Crippen LogP contribution < -0.4 is 5.43 Å². The molecule has 0 aliphatic carbocycles. The van der Waals surface area contributed by atoms with Crippen LogP contribution in [0.2, 0.25) is 0 Å². The number of carbonyl (C=O) groups excluding carboxylic acids is 1. The molecule has 0 spiro atoms. The summed E-state index contributed by atoms with van der Waals surface area (Å²) in [5.74, 6) is -0.211. The van der Waals surface area contributed by atoms with Crippen molar-refractivity contribution in [3.8, 4) is 5.69 Å². The van der Waals surface area contributed by atoms with Crippen LogP contribution in [0.25, 0.3) is 5.69 Å². The molecule has 0 saturated carbocycles. The largest absolute Gasteiger partial charge is 0.318 e. The molecule has 182 valence electrons. The minimum Gasteiger partial charge on any atom is -0.318 e. The number of nitrogens with one attached hydrogen (secondary N) is 1. The van der Waals surface area contributed by atoms with Gasteiger partial charge in [-0.05, 0) is 73.7 Å². The van der Waals surface area contributed by atoms with Crippen molar-refractivity contribution in [3.05, 3.63) is 124 Å². The van der Waals surface area contributed by atoms with Crippen LogP contribution in [-0.2, 0) is 19.5 Å². The summed E-state index contributed by atoms with van der Waals surface area (Å²) in [5, 5.41) is 4.24. The van der Waals surface area contributed by atoms with Crippen molar-refractivity contribution in [1.29, 1.82) is 0 Å². The predicted octanol–water partition coefficient (Wildman–Crippen LogP) is 5.72. The van der Waals surface area contributed by atoms with Gasteiger partial charge in [0, 0.05) is 47.8 Å². The predicted molar refractivity (Wildman–Crippen MR) is 146 cm³/mol. The Hall–Kier alpha value is -3.96. The summed E-state index contributed by atoms with van der Waals surface area (Å²) in [6.07, 6.45) is 2.81. The molecule has 0 radical (unpaired) electrons. The van der Waals surface area contributed by atoms with Gasteiger partial charge in [0.25, 0.3) is 5.91 Å². The molecular weight excluding hydrogens is 444 g/mol. The van der Waals surface area contributed by atoms with Crippen molar-refractivity contribution in [2.75, 3.05) is 6.54 Å². The summed E-state index contributed by atoms with van der Waals surface area (Å²) in [6.45, 7) is 9.17. The molecule has 1 aliphatic rings. The van der Waals surface area contributed by atoms with Crippen molar-refractivity contribution in [1.82, 2.24) is 14.9 Å². The molecule has 1 N–H and O–H groups in total. The van der Waals surface area contributed by atoms with E-state index in [1.807, 2.05) is 36.4 Å². The first kappa shape index (κ1) is 23.8. The quantitative estimate of drug-likeness (QED) is 0.286. The zero-order valence-electron chi connectivity index (χ0n) is 21.2. The Bertz CT molecular complexity index is 1420. The van der Waals surface area contributed by atoms with Crippen molar-refractivity contribution in [3.63, 3.8) is 0 Å². The minimum atomic E-state index is -0.211. The zero-order chi connectivity index (χ0) is 25.1. The van der Waals surface area contributed by atoms with Crippen molar-refractivity contribution >= 4 is 12.1 Å². The van der Waals surface area contributed by atoms with Crippen molar-refractivity contribution in [2.45, 2.75) is 40.3 Å². The lowest BCUT2D eigenvalue weighted by Crippen LogP contribution is -2.30. The molecule has 1 aliphatic heterocycles. The average molecular weight is 477 g/mol. The van der Waals surface area contributed by atoms with Crippen molar-refractivity contribution in [2.24, 2.45) is 5.10 Å². The number of nitrogens with zero attached hydrogens (tertiary/aromatic N) is 3. The maximum absolute atomic E-state index is 12.7. The molecular formula is C31H32N4O. The van der Waals surface area contributed by atoms with Crippen LogP contribution in [0.5, 0.6) is 0 Å². The fourth-order valence-corrected chi connectivity index (χ4v) is 5.04. The molecule has 2 heterocycles. The fraction of sp³-hybridized carbons (Fsp3) is 0.226. The molecule has 5 heteroatoms. The molecule has 36 heavy (non-hydrogen) atoms. The molecule has 3 aromatic carbocycles. The maximum Gasteiger partial charge on any atom is 0.271 e. The monoisotopic (exact) mass is 476 g/mol. The van der Waals surface area contributed by atoms with E-state index in [2.05, 4.69) is 83.2 Å². The second-order valence-electron chi connectivity index (χ2n) is 9.57. The van der Waals surface area contributed by atoms with Crippen LogP contribution in [0.1, 0.15) is 49.6 Å². The summed E-state index contributed by atoms with van der Waals surface area (Å²) in [4.78, 5) is 15.1. The summed E-state index contributed by atoms with van der Waals surface area (Å²) in [5.41, 5.74) is 12.9. The number of benzene rings is 3. The van der Waals surface area contributed by atoms with E-state index in [0.717, 1.165) is 48.7 Å². The number of carbonyl (C=O) groups is 1. The van der Waals surface area contributed by atoms with Gasteiger partial charge in [0.2, 0.25) is 0 Å². The molecule has 0 unspecified atom stereocenters. The summed E-state index contributed by atoms with van der Waals surface area (Å²) in [7, 11) is 0. The van der Waals surface area contributed by atoms with Gasteiger partial charge in [-0.25, -0.2) is 5.43 Å². The third-order valence-corrected chi connectivity index (χ3v) is 7.03. The Balaban J connectivity index is 1.20. The maximum atomic E-state index is 12.7. The molecule has 5 rings (SSSR count). The Morgan fingerprint density at radius 2 is 1.67 bits per heavy atom. The van der Waals surface area contributed by atoms with Gasteiger partial charge in [-0.1, -0.05) is 54.6 Å². The molecule has 4 aromatic rings. The number of aromatic nitrogens is 1. The van der Waals surface area contributed by atoms with E-state index in [4.69, 9.17) is 0 Å². The second kappa shape index (κ2) is 10.3. The first-order valence-corrected chi connectivity index (χ1v) is 12.5. The highest BCUT2D eigenvalue weighted by Crippen LogP contribution is 2.23. The topological polar surface area (TPSA) is 49.6 Å². The minimum absolute atomic E-state index is 0.211. The SMILES string of the molecule is Cc1ccccc1-n1c(C)cc(/C=N\NC(=O)c2ccc(CN3CCc4ccccc4C3)cc2)c1C. The summed E-state index contributed by atoms with van der Waals surface area (Å²) < 4.78 is 2.22. The highest BCUT2D eigenvalue weighted by molar-refractivity contribution is 5.95. The number of aryl methyl sites for hydroxylation is 2. The van der Waals surface area contributed by atoms with Gasteiger partial charge in [0.15, 0.2) is 0 Å². The van der Waals surface area contributed by atoms with Crippen LogP contribution in [-0.4, -0.2) is 28.1 Å². The lowest BCUT2D eigenvalue weighted by atomic mass is 9.99. The molecule has 0 fully saturated rings. The van der Waals surface area contributed by atoms with E-state index in [1.165, 1.54) is 22.3 Å². The third kappa shape index (κ3) is 5.02. The standard InChI is InChI=1S/C31H32N4O/c1-22-8-4-7-11-30(22)35-23(2)18-29(24(35)3)19-32-33-31(36)27-14-12-25(13-15-27)20-34-17-16-26-9-5-6-10-28(26)21-34/h4-15,18-19H,16-17,20-21H2,1-3H3,(H,33,36)/b32-19-. The lowest BCUT2D eigenvalue weighted by Gasteiger charge is -2.28. The first-order chi connectivity index (χ1) is 17.5. The van der Waals surface area contributed by atoms with Crippen LogP contribution in [0.15, 0.2) is 84.0 Å². The van der Waals surface area contributed by atoms with Gasteiger partial charge in [0.1, 0.15) is 0 Å². The van der Waals surface area contributed by atoms with Gasteiger partial charge in [-0.3, -0.25) is 9.69 Å². The lowest BCUT2D eigenvalue weighted by molar-refractivity contribution is 0.0955. The molecule has 0 bridgehead atoms. The van der Waals surface area contributed by atoms with Gasteiger partial charge in [0.05, 0.1) is 6.21 Å². The van der Waals surface area contributed by atoms with Crippen LogP contribution >= 0.6 is 0 Å². The van der Waals surface area contributed by atoms with E-state index < -0.39 is 0 Å². The average Bonchev–Trinajstić information content (AvgIpc) is 3.17. The number of fused-ring (bicyclic) bond motifs is 1. The molecule has 1 amide bonds. The molecule has 0 saturated heterocycles. The Morgan fingerprint density at radius 1 is 0.944 bits per heavy atom. The van der Waals surface area contributed by atoms with E-state index in [1.54, 1.807) is 6.21 Å². The molecule has 0 atom stereocenters. The summed E-state index contributed by atoms with van der Waals surface area (Å²) >= 11 is 0. The Kier molecular flexibility index (Phi) is 6.83. The van der Waals surface area contributed by atoms with E-state index in [0.29, 0.717) is 5.56 Å². The third-order valence-electron chi connectivity index (χ3n) is 7.03. The zero-order valence-corrected chi connectivity index (χ0v) is 21.2. The van der Waals surface area contributed by atoms with E-state index >= 15 is 0 Å². The van der Waals surface area contributed by atoms with Crippen LogP contribution in [0.3, 0.4) is 0 Å². The number of hydrogen-bond donors (Lipinski definition) is 1. The highest BCUT2D eigenvalue weighted by atomic mass is 16.2. The second-order valence-corrected chi connectivity index (χ2v) is 9.57. The van der Waals surface area contributed by atoms with Crippen LogP contribution in [0, 0.1) is 20.8 Å². The number of hydrazone groups is 1. The van der Waals surface area contributed by atoms with E-state index in [9.17, 15) is 4.79 Å². The van der Waals surface area contributed by atoms with Gasteiger partial charge >= 0.3 is 0 Å². The Morgan fingerprint density at radius 3 is 2.44 bits per heavy atom. The van der Waals surface area contributed by atoms with Gasteiger partial charge in [-0.15, -0.1) is 0 Å². The van der Waals surface area contributed by atoms with E-state index in [-0.39, 0.29) is 5.91 Å². The Labute approximate surface area is 213 Å². The molecule has 1 aromatic heterocycles. The number of amides is 1. The fourth-order valence-electron chi connectivity index (χ4n) is 5.04. The normalized spacial score (nSPS) is 13.6. The number of para-hydroxylation sites is 1. The highest BCUT2D eigenvalue weighted by Gasteiger charge is 2.16. The van der Waals surface area contributed by atoms with Crippen LogP contribution in [0.4, 0.5) is 0 Å². The van der Waals surface area contributed by atoms with Gasteiger partial charge in [-0.2, -0.15) is 5.10 Å². The smallest absolute Gasteiger partial charge is 0.271 e. The number of rotatable bonds is 6. The summed E-state index contributed by atoms with van der Waals surface area (Å²) in [6, 6.07) is 26.9. The van der Waals surface area contributed by atoms with Gasteiger partial charge < -0.3 is 4.57 Å². The first-order valence-electron chi connectivity index (χ1n) is 12.5.